The number of likely N-dealkylation sites (tertiary alicyclic amines) is 1. The summed E-state index contributed by atoms with van der Waals surface area (Å²) in [7, 11) is 0. The third kappa shape index (κ3) is 3.79. The second kappa shape index (κ2) is 7.42. The minimum atomic E-state index is 0.0599. The van der Waals surface area contributed by atoms with Crippen LogP contribution in [-0.2, 0) is 14.3 Å². The minimum Gasteiger partial charge on any atom is -0.378 e. The second-order valence-corrected chi connectivity index (χ2v) is 6.63. The fourth-order valence-electron chi connectivity index (χ4n) is 3.76. The van der Waals surface area contributed by atoms with Gasteiger partial charge in [-0.05, 0) is 44.7 Å². The highest BCUT2D eigenvalue weighted by molar-refractivity contribution is 5.82. The van der Waals surface area contributed by atoms with Gasteiger partial charge in [0.1, 0.15) is 0 Å². The van der Waals surface area contributed by atoms with Crippen LogP contribution in [-0.4, -0.2) is 73.6 Å². The van der Waals surface area contributed by atoms with Crippen molar-refractivity contribution >= 4 is 11.8 Å². The van der Waals surface area contributed by atoms with Crippen LogP contribution in [0.2, 0.25) is 0 Å². The number of morpholine rings is 1. The minimum absolute atomic E-state index is 0.0599. The molecule has 0 radical (unpaired) electrons. The molecule has 0 aromatic carbocycles. The van der Waals surface area contributed by atoms with E-state index in [0.29, 0.717) is 25.6 Å². The average Bonchev–Trinajstić information content (AvgIpc) is 2.57. The van der Waals surface area contributed by atoms with Crippen molar-refractivity contribution in [3.63, 3.8) is 0 Å². The number of nitrogens with zero attached hydrogens (tertiary/aromatic N) is 2. The Labute approximate surface area is 132 Å². The zero-order chi connectivity index (χ0) is 15.4. The maximum Gasteiger partial charge on any atom is 0.237 e. The van der Waals surface area contributed by atoms with Gasteiger partial charge in [-0.2, -0.15) is 0 Å². The van der Waals surface area contributed by atoms with E-state index >= 15 is 0 Å². The molecule has 0 spiro atoms. The highest BCUT2D eigenvalue weighted by atomic mass is 16.5. The fraction of sp³-hybridized carbons (Fsp3) is 0.875. The SMILES string of the molecule is O=C1NCCCC1N1CCC(CC(=O)N2CCOCC2)CC1. The van der Waals surface area contributed by atoms with E-state index in [1.165, 1.54) is 0 Å². The molecule has 3 aliphatic heterocycles. The van der Waals surface area contributed by atoms with E-state index in [9.17, 15) is 9.59 Å². The summed E-state index contributed by atoms with van der Waals surface area (Å²) >= 11 is 0. The van der Waals surface area contributed by atoms with Crippen LogP contribution < -0.4 is 5.32 Å². The van der Waals surface area contributed by atoms with Gasteiger partial charge in [0.2, 0.25) is 11.8 Å². The fourth-order valence-corrected chi connectivity index (χ4v) is 3.76. The number of carbonyl (C=O) groups is 2. The van der Waals surface area contributed by atoms with E-state index in [4.69, 9.17) is 4.74 Å². The van der Waals surface area contributed by atoms with Gasteiger partial charge in [0.25, 0.3) is 0 Å². The summed E-state index contributed by atoms with van der Waals surface area (Å²) < 4.78 is 5.29. The Kier molecular flexibility index (Phi) is 5.31. The van der Waals surface area contributed by atoms with Crippen LogP contribution in [0.3, 0.4) is 0 Å². The molecular weight excluding hydrogens is 282 g/mol. The number of amides is 2. The van der Waals surface area contributed by atoms with Crippen LogP contribution in [0.15, 0.2) is 0 Å². The van der Waals surface area contributed by atoms with Crippen LogP contribution in [0.5, 0.6) is 0 Å². The zero-order valence-corrected chi connectivity index (χ0v) is 13.3. The first-order valence-corrected chi connectivity index (χ1v) is 8.61. The number of rotatable bonds is 3. The lowest BCUT2D eigenvalue weighted by molar-refractivity contribution is -0.137. The van der Waals surface area contributed by atoms with Gasteiger partial charge < -0.3 is 15.0 Å². The molecule has 6 nitrogen and oxygen atoms in total. The van der Waals surface area contributed by atoms with E-state index in [-0.39, 0.29) is 17.9 Å². The molecule has 1 unspecified atom stereocenters. The van der Waals surface area contributed by atoms with Crippen molar-refractivity contribution in [3.8, 4) is 0 Å². The molecule has 3 rings (SSSR count). The van der Waals surface area contributed by atoms with E-state index in [0.717, 1.165) is 58.4 Å². The molecule has 22 heavy (non-hydrogen) atoms. The lowest BCUT2D eigenvalue weighted by Crippen LogP contribution is -2.52. The van der Waals surface area contributed by atoms with Gasteiger partial charge in [-0.25, -0.2) is 0 Å². The first-order chi connectivity index (χ1) is 10.7. The molecule has 124 valence electrons. The summed E-state index contributed by atoms with van der Waals surface area (Å²) in [6, 6.07) is 0.0599. The number of hydrogen-bond acceptors (Lipinski definition) is 4. The summed E-state index contributed by atoms with van der Waals surface area (Å²) in [4.78, 5) is 28.5. The maximum absolute atomic E-state index is 12.3. The molecule has 0 bridgehead atoms. The molecule has 3 heterocycles. The van der Waals surface area contributed by atoms with Crippen molar-refractivity contribution in [2.45, 2.75) is 38.1 Å². The summed E-state index contributed by atoms with van der Waals surface area (Å²) in [5.41, 5.74) is 0. The number of carbonyl (C=O) groups excluding carboxylic acids is 2. The topological polar surface area (TPSA) is 61.9 Å². The van der Waals surface area contributed by atoms with Gasteiger partial charge in [-0.15, -0.1) is 0 Å². The molecule has 1 N–H and O–H groups in total. The summed E-state index contributed by atoms with van der Waals surface area (Å²) in [6.45, 7) is 5.51. The van der Waals surface area contributed by atoms with Crippen LogP contribution >= 0.6 is 0 Å². The van der Waals surface area contributed by atoms with Crippen molar-refractivity contribution in [1.29, 1.82) is 0 Å². The Morgan fingerprint density at radius 1 is 1.14 bits per heavy atom. The third-order valence-electron chi connectivity index (χ3n) is 5.17. The molecule has 6 heteroatoms. The average molecular weight is 309 g/mol. The standard InChI is InChI=1S/C16H27N3O3/c20-15(19-8-10-22-11-9-19)12-13-3-6-18(7-4-13)14-2-1-5-17-16(14)21/h13-14H,1-12H2,(H,17,21). The Morgan fingerprint density at radius 3 is 2.55 bits per heavy atom. The van der Waals surface area contributed by atoms with Gasteiger partial charge in [0.15, 0.2) is 0 Å². The molecule has 2 amide bonds. The summed E-state index contributed by atoms with van der Waals surface area (Å²) in [5, 5.41) is 2.96. The Morgan fingerprint density at radius 2 is 1.86 bits per heavy atom. The largest absolute Gasteiger partial charge is 0.378 e. The normalized spacial score (nSPS) is 28.5. The molecule has 1 atom stereocenters. The molecular formula is C16H27N3O3. The predicted molar refractivity (Wildman–Crippen MR) is 82.3 cm³/mol. The number of hydrogen-bond donors (Lipinski definition) is 1. The highest BCUT2D eigenvalue weighted by Crippen LogP contribution is 2.25. The first kappa shape index (κ1) is 15.7. The monoisotopic (exact) mass is 309 g/mol. The van der Waals surface area contributed by atoms with Crippen molar-refractivity contribution < 1.29 is 14.3 Å². The Balaban J connectivity index is 1.43. The Hall–Kier alpha value is -1.14. The van der Waals surface area contributed by atoms with Gasteiger partial charge >= 0.3 is 0 Å². The van der Waals surface area contributed by atoms with E-state index in [1.54, 1.807) is 0 Å². The lowest BCUT2D eigenvalue weighted by atomic mass is 9.91. The van der Waals surface area contributed by atoms with E-state index in [2.05, 4.69) is 10.2 Å². The number of piperidine rings is 2. The predicted octanol–water partition coefficient (Wildman–Crippen LogP) is 0.226. The molecule has 0 saturated carbocycles. The van der Waals surface area contributed by atoms with Gasteiger partial charge in [0.05, 0.1) is 19.3 Å². The number of nitrogens with one attached hydrogen (secondary N) is 1. The van der Waals surface area contributed by atoms with Crippen LogP contribution in [0, 0.1) is 5.92 Å². The van der Waals surface area contributed by atoms with Crippen molar-refractivity contribution in [3.05, 3.63) is 0 Å². The van der Waals surface area contributed by atoms with Crippen molar-refractivity contribution in [2.24, 2.45) is 5.92 Å². The van der Waals surface area contributed by atoms with E-state index in [1.807, 2.05) is 4.90 Å². The Bertz CT molecular complexity index is 401. The molecule has 3 fully saturated rings. The molecule has 0 aromatic heterocycles. The van der Waals surface area contributed by atoms with Crippen LogP contribution in [0.1, 0.15) is 32.1 Å². The van der Waals surface area contributed by atoms with Crippen molar-refractivity contribution in [2.75, 3.05) is 45.9 Å². The highest BCUT2D eigenvalue weighted by Gasteiger charge is 2.32. The van der Waals surface area contributed by atoms with E-state index < -0.39 is 0 Å². The zero-order valence-electron chi connectivity index (χ0n) is 13.3. The van der Waals surface area contributed by atoms with Gasteiger partial charge in [0, 0.05) is 26.1 Å². The van der Waals surface area contributed by atoms with Gasteiger partial charge in [-0.1, -0.05) is 0 Å². The maximum atomic E-state index is 12.3. The van der Waals surface area contributed by atoms with Crippen LogP contribution in [0.4, 0.5) is 0 Å². The quantitative estimate of drug-likeness (QED) is 0.810. The molecule has 3 aliphatic rings. The van der Waals surface area contributed by atoms with Crippen LogP contribution in [0.25, 0.3) is 0 Å². The summed E-state index contributed by atoms with van der Waals surface area (Å²) in [5.74, 6) is 0.935. The number of ether oxygens (including phenoxy) is 1. The lowest BCUT2D eigenvalue weighted by Gasteiger charge is -2.38. The smallest absolute Gasteiger partial charge is 0.237 e. The summed E-state index contributed by atoms with van der Waals surface area (Å²) in [6.07, 6.45) is 4.76. The molecule has 0 aromatic rings. The van der Waals surface area contributed by atoms with Gasteiger partial charge in [-0.3, -0.25) is 14.5 Å². The molecule has 3 saturated heterocycles. The first-order valence-electron chi connectivity index (χ1n) is 8.61. The third-order valence-corrected chi connectivity index (χ3v) is 5.17. The molecule has 0 aliphatic carbocycles. The van der Waals surface area contributed by atoms with Crippen molar-refractivity contribution in [1.82, 2.24) is 15.1 Å². The second-order valence-electron chi connectivity index (χ2n) is 6.63.